The predicted molar refractivity (Wildman–Crippen MR) is 66.2 cm³/mol. The lowest BCUT2D eigenvalue weighted by atomic mass is 10.3. The molecule has 0 spiro atoms. The van der Waals surface area contributed by atoms with Gasteiger partial charge in [-0.1, -0.05) is 6.07 Å². The number of hydrogen-bond donors (Lipinski definition) is 1. The van der Waals surface area contributed by atoms with Gasteiger partial charge in [-0.05, 0) is 23.9 Å². The van der Waals surface area contributed by atoms with Crippen molar-refractivity contribution in [1.29, 1.82) is 5.26 Å². The number of hydrogen-bond acceptors (Lipinski definition) is 6. The normalized spacial score (nSPS) is 23.7. The topological polar surface area (TPSA) is 92.1 Å². The minimum Gasteiger partial charge on any atom is -0.378 e. The van der Waals surface area contributed by atoms with Crippen LogP contribution in [0.4, 0.5) is 0 Å². The summed E-state index contributed by atoms with van der Waals surface area (Å²) in [6.45, 7) is 0.638. The third kappa shape index (κ3) is 3.00. The molecule has 0 saturated carbocycles. The van der Waals surface area contributed by atoms with Gasteiger partial charge in [-0.2, -0.15) is 5.26 Å². The van der Waals surface area contributed by atoms with Crippen molar-refractivity contribution in [2.45, 2.75) is 16.3 Å². The second-order valence-electron chi connectivity index (χ2n) is 3.68. The van der Waals surface area contributed by atoms with Gasteiger partial charge in [0.25, 0.3) is 10.0 Å². The highest BCUT2D eigenvalue weighted by molar-refractivity contribution is 8.04. The summed E-state index contributed by atoms with van der Waals surface area (Å²) in [5.41, 5.74) is 0. The maximum atomic E-state index is 12.0. The van der Waals surface area contributed by atoms with E-state index in [1.807, 2.05) is 5.40 Å². The van der Waals surface area contributed by atoms with E-state index in [4.69, 9.17) is 10.00 Å². The van der Waals surface area contributed by atoms with E-state index in [1.54, 1.807) is 12.1 Å². The van der Waals surface area contributed by atoms with Crippen molar-refractivity contribution in [2.24, 2.45) is 0 Å². The van der Waals surface area contributed by atoms with Gasteiger partial charge in [0.15, 0.2) is 5.03 Å². The fourth-order valence-electron chi connectivity index (χ4n) is 1.59. The summed E-state index contributed by atoms with van der Waals surface area (Å²) >= 11 is 1.02. The van der Waals surface area contributed by atoms with Gasteiger partial charge in [-0.15, -0.1) is 0 Å². The standard InChI is InChI=1S/C10H11N3O3S2/c11-7-17-9-6-16-5-8(9)13-18(14,15)10-3-1-2-4-12-10/h1-4,8-9,13H,5-6H2/t8-,9-/m0/s1. The molecule has 0 radical (unpaired) electrons. The fraction of sp³-hybridized carbons (Fsp3) is 0.400. The van der Waals surface area contributed by atoms with Gasteiger partial charge in [0.05, 0.1) is 24.5 Å². The van der Waals surface area contributed by atoms with Crippen LogP contribution in [0.3, 0.4) is 0 Å². The van der Waals surface area contributed by atoms with Crippen LogP contribution in [0.1, 0.15) is 0 Å². The first-order chi connectivity index (χ1) is 8.63. The van der Waals surface area contributed by atoms with E-state index in [2.05, 4.69) is 9.71 Å². The van der Waals surface area contributed by atoms with E-state index in [0.717, 1.165) is 11.8 Å². The largest absolute Gasteiger partial charge is 0.378 e. The number of thioether (sulfide) groups is 1. The first-order valence-electron chi connectivity index (χ1n) is 5.19. The molecule has 1 N–H and O–H groups in total. The Kier molecular flexibility index (Phi) is 4.19. The van der Waals surface area contributed by atoms with Crippen LogP contribution in [0.2, 0.25) is 0 Å². The number of sulfonamides is 1. The maximum Gasteiger partial charge on any atom is 0.258 e. The van der Waals surface area contributed by atoms with Crippen molar-refractivity contribution in [1.82, 2.24) is 9.71 Å². The van der Waals surface area contributed by atoms with Crippen LogP contribution in [0.15, 0.2) is 29.4 Å². The molecule has 96 valence electrons. The van der Waals surface area contributed by atoms with E-state index in [1.165, 1.54) is 12.3 Å². The fourth-order valence-corrected chi connectivity index (χ4v) is 3.50. The Hall–Kier alpha value is -1.14. The van der Waals surface area contributed by atoms with Crippen LogP contribution in [0.5, 0.6) is 0 Å². The quantitative estimate of drug-likeness (QED) is 0.802. The third-order valence-electron chi connectivity index (χ3n) is 2.45. The van der Waals surface area contributed by atoms with Gasteiger partial charge in [0.1, 0.15) is 5.40 Å². The van der Waals surface area contributed by atoms with Crippen molar-refractivity contribution in [3.8, 4) is 5.40 Å². The molecule has 0 aromatic carbocycles. The molecule has 0 bridgehead atoms. The van der Waals surface area contributed by atoms with Gasteiger partial charge in [-0.3, -0.25) is 0 Å². The van der Waals surface area contributed by atoms with Gasteiger partial charge in [-0.25, -0.2) is 18.1 Å². The average Bonchev–Trinajstić information content (AvgIpc) is 2.78. The van der Waals surface area contributed by atoms with E-state index in [9.17, 15) is 8.42 Å². The summed E-state index contributed by atoms with van der Waals surface area (Å²) < 4.78 is 31.7. The second kappa shape index (κ2) is 5.67. The minimum atomic E-state index is -3.66. The number of nitrogens with one attached hydrogen (secondary N) is 1. The summed E-state index contributed by atoms with van der Waals surface area (Å²) in [5, 5.41) is 10.4. The van der Waals surface area contributed by atoms with E-state index in [-0.39, 0.29) is 16.9 Å². The number of nitriles is 1. The molecule has 0 amide bonds. The minimum absolute atomic E-state index is 0.0300. The highest BCUT2D eigenvalue weighted by atomic mass is 32.2. The van der Waals surface area contributed by atoms with Gasteiger partial charge >= 0.3 is 0 Å². The van der Waals surface area contributed by atoms with Crippen molar-refractivity contribution in [3.05, 3.63) is 24.4 Å². The zero-order valence-electron chi connectivity index (χ0n) is 9.31. The van der Waals surface area contributed by atoms with Crippen LogP contribution in [-0.4, -0.2) is 37.9 Å². The Morgan fingerprint density at radius 3 is 3.00 bits per heavy atom. The molecule has 18 heavy (non-hydrogen) atoms. The van der Waals surface area contributed by atoms with Crippen LogP contribution in [0.25, 0.3) is 0 Å². The lowest BCUT2D eigenvalue weighted by molar-refractivity contribution is 0.193. The third-order valence-corrected chi connectivity index (χ3v) is 4.73. The summed E-state index contributed by atoms with van der Waals surface area (Å²) in [6, 6.07) is 4.27. The number of ether oxygens (including phenoxy) is 1. The van der Waals surface area contributed by atoms with Crippen molar-refractivity contribution in [3.63, 3.8) is 0 Å². The van der Waals surface area contributed by atoms with Gasteiger partial charge < -0.3 is 4.74 Å². The monoisotopic (exact) mass is 285 g/mol. The first-order valence-corrected chi connectivity index (χ1v) is 7.55. The van der Waals surface area contributed by atoms with Crippen LogP contribution in [0, 0.1) is 10.7 Å². The average molecular weight is 285 g/mol. The number of pyridine rings is 1. The molecule has 1 aliphatic rings. The molecule has 1 aromatic rings. The molecule has 2 rings (SSSR count). The smallest absolute Gasteiger partial charge is 0.258 e. The number of aromatic nitrogens is 1. The summed E-state index contributed by atoms with van der Waals surface area (Å²) in [6.07, 6.45) is 1.42. The molecule has 1 aliphatic heterocycles. The molecule has 1 fully saturated rings. The van der Waals surface area contributed by atoms with E-state index in [0.29, 0.717) is 6.61 Å². The second-order valence-corrected chi connectivity index (χ2v) is 6.37. The molecule has 8 heteroatoms. The van der Waals surface area contributed by atoms with Gasteiger partial charge in [0.2, 0.25) is 0 Å². The summed E-state index contributed by atoms with van der Waals surface area (Å²) in [5.74, 6) is 0. The molecule has 0 aliphatic carbocycles. The van der Waals surface area contributed by atoms with E-state index < -0.39 is 16.1 Å². The molecule has 0 unspecified atom stereocenters. The van der Waals surface area contributed by atoms with Crippen molar-refractivity contribution < 1.29 is 13.2 Å². The van der Waals surface area contributed by atoms with Crippen molar-refractivity contribution in [2.75, 3.05) is 13.2 Å². The molecule has 2 heterocycles. The highest BCUT2D eigenvalue weighted by Gasteiger charge is 2.33. The van der Waals surface area contributed by atoms with E-state index >= 15 is 0 Å². The number of thiocyanates is 1. The van der Waals surface area contributed by atoms with Crippen molar-refractivity contribution >= 4 is 21.8 Å². The molecule has 2 atom stereocenters. The van der Waals surface area contributed by atoms with Crippen LogP contribution >= 0.6 is 11.8 Å². The summed E-state index contributed by atoms with van der Waals surface area (Å²) in [4.78, 5) is 3.80. The SMILES string of the molecule is N#CS[C@H]1COC[C@@H]1NS(=O)(=O)c1ccccn1. The Morgan fingerprint density at radius 1 is 1.50 bits per heavy atom. The predicted octanol–water partition coefficient (Wildman–Crippen LogP) is 0.342. The van der Waals surface area contributed by atoms with Gasteiger partial charge in [0, 0.05) is 6.20 Å². The number of rotatable bonds is 4. The number of nitrogens with zero attached hydrogens (tertiary/aromatic N) is 2. The zero-order valence-corrected chi connectivity index (χ0v) is 10.9. The maximum absolute atomic E-state index is 12.0. The lowest BCUT2D eigenvalue weighted by Gasteiger charge is -2.15. The Bertz CT molecular complexity index is 541. The van der Waals surface area contributed by atoms with Crippen LogP contribution in [-0.2, 0) is 14.8 Å². The molecule has 1 aromatic heterocycles. The van der Waals surface area contributed by atoms with Crippen LogP contribution < -0.4 is 4.72 Å². The Labute approximate surface area is 109 Å². The zero-order chi connectivity index (χ0) is 13.0. The Morgan fingerprint density at radius 2 is 2.33 bits per heavy atom. The highest BCUT2D eigenvalue weighted by Crippen LogP contribution is 2.21. The summed E-state index contributed by atoms with van der Waals surface area (Å²) in [7, 11) is -3.66. The molecule has 1 saturated heterocycles. The first kappa shape index (κ1) is 13.3. The molecule has 6 nitrogen and oxygen atoms in total. The Balaban J connectivity index is 2.12. The molecular formula is C10H11N3O3S2. The lowest BCUT2D eigenvalue weighted by Crippen LogP contribution is -2.41. The molecular weight excluding hydrogens is 274 g/mol.